The lowest BCUT2D eigenvalue weighted by Crippen LogP contribution is -2.48. The first kappa shape index (κ1) is 18.9. The zero-order valence-electron chi connectivity index (χ0n) is 13.2. The molecule has 0 spiro atoms. The van der Waals surface area contributed by atoms with Gasteiger partial charge in [0.25, 0.3) is 0 Å². The summed E-state index contributed by atoms with van der Waals surface area (Å²) in [7, 11) is -3.83. The van der Waals surface area contributed by atoms with Gasteiger partial charge in [-0.05, 0) is 25.1 Å². The van der Waals surface area contributed by atoms with Crippen molar-refractivity contribution in [2.45, 2.75) is 17.9 Å². The topological polar surface area (TPSA) is 97.0 Å². The number of halogens is 2. The lowest BCUT2D eigenvalue weighted by molar-refractivity contribution is 0.00530. The Morgan fingerprint density at radius 3 is 3.00 bits per heavy atom. The Hall–Kier alpha value is -1.42. The van der Waals surface area contributed by atoms with Crippen molar-refractivity contribution < 1.29 is 17.5 Å². The van der Waals surface area contributed by atoms with Crippen LogP contribution < -0.4 is 10.5 Å². The predicted octanol–water partition coefficient (Wildman–Crippen LogP) is 0.793. The summed E-state index contributed by atoms with van der Waals surface area (Å²) in [5.74, 6) is -0.250. The lowest BCUT2D eigenvalue weighted by atomic mass is 10.3. The normalized spacial score (nSPS) is 19.5. The quantitative estimate of drug-likeness (QED) is 0.448. The van der Waals surface area contributed by atoms with Gasteiger partial charge in [-0.2, -0.15) is 0 Å². The van der Waals surface area contributed by atoms with Crippen LogP contribution >= 0.6 is 11.6 Å². The summed E-state index contributed by atoms with van der Waals surface area (Å²) in [5.41, 5.74) is 5.89. The summed E-state index contributed by atoms with van der Waals surface area (Å²) >= 11 is 5.77. The predicted molar refractivity (Wildman–Crippen MR) is 90.1 cm³/mol. The summed E-state index contributed by atoms with van der Waals surface area (Å²) < 4.78 is 45.0. The van der Waals surface area contributed by atoms with Crippen LogP contribution in [0.25, 0.3) is 0 Å². The van der Waals surface area contributed by atoms with Gasteiger partial charge in [0.05, 0.1) is 24.3 Å². The molecule has 1 unspecified atom stereocenters. The van der Waals surface area contributed by atoms with E-state index in [9.17, 15) is 12.8 Å². The van der Waals surface area contributed by atoms with Crippen LogP contribution in [0, 0.1) is 5.82 Å². The van der Waals surface area contributed by atoms with Gasteiger partial charge in [-0.1, -0.05) is 11.6 Å². The van der Waals surface area contributed by atoms with E-state index in [1.165, 1.54) is 0 Å². The van der Waals surface area contributed by atoms with E-state index in [-0.39, 0.29) is 29.1 Å². The van der Waals surface area contributed by atoms with Gasteiger partial charge >= 0.3 is 0 Å². The van der Waals surface area contributed by atoms with E-state index < -0.39 is 15.8 Å². The summed E-state index contributed by atoms with van der Waals surface area (Å²) in [4.78, 5) is 5.87. The average Bonchev–Trinajstić information content (AvgIpc) is 2.51. The summed E-state index contributed by atoms with van der Waals surface area (Å²) in [6, 6.07) is 3.11. The molecule has 0 aliphatic carbocycles. The Bertz CT molecular complexity index is 714. The van der Waals surface area contributed by atoms with Gasteiger partial charge in [-0.15, -0.1) is 0 Å². The monoisotopic (exact) mass is 378 g/mol. The van der Waals surface area contributed by atoms with Gasteiger partial charge in [0.15, 0.2) is 5.96 Å². The first-order valence-corrected chi connectivity index (χ1v) is 9.27. The second-order valence-corrected chi connectivity index (χ2v) is 7.48. The van der Waals surface area contributed by atoms with Crippen molar-refractivity contribution in [1.29, 1.82) is 0 Å². The van der Waals surface area contributed by atoms with Crippen molar-refractivity contribution in [1.82, 2.24) is 9.62 Å². The third-order valence-corrected chi connectivity index (χ3v) is 5.37. The van der Waals surface area contributed by atoms with Gasteiger partial charge in [-0.25, -0.2) is 17.5 Å². The number of sulfonamides is 1. The van der Waals surface area contributed by atoms with Crippen molar-refractivity contribution in [3.8, 4) is 0 Å². The number of hydrogen-bond donors (Lipinski definition) is 2. The van der Waals surface area contributed by atoms with Crippen molar-refractivity contribution in [2.75, 3.05) is 32.8 Å². The van der Waals surface area contributed by atoms with E-state index in [0.717, 1.165) is 18.2 Å². The molecule has 0 saturated carbocycles. The molecule has 1 aliphatic heterocycles. The number of morpholine rings is 1. The molecule has 3 N–H and O–H groups in total. The summed E-state index contributed by atoms with van der Waals surface area (Å²) in [6.45, 7) is 4.04. The number of guanidine groups is 1. The lowest BCUT2D eigenvalue weighted by Gasteiger charge is -2.31. The summed E-state index contributed by atoms with van der Waals surface area (Å²) in [5, 5.41) is -0.173. The number of ether oxygens (including phenoxy) is 1. The highest BCUT2D eigenvalue weighted by Crippen LogP contribution is 2.21. The largest absolute Gasteiger partial charge is 0.375 e. The number of nitrogens with zero attached hydrogens (tertiary/aromatic N) is 2. The van der Waals surface area contributed by atoms with Crippen LogP contribution in [0.1, 0.15) is 6.92 Å². The van der Waals surface area contributed by atoms with Gasteiger partial charge in [0, 0.05) is 19.6 Å². The van der Waals surface area contributed by atoms with Gasteiger partial charge in [-0.3, -0.25) is 4.99 Å². The average molecular weight is 379 g/mol. The van der Waals surface area contributed by atoms with Crippen LogP contribution in [0.2, 0.25) is 5.02 Å². The van der Waals surface area contributed by atoms with Crippen LogP contribution in [0.5, 0.6) is 0 Å². The molecule has 1 atom stereocenters. The molecular formula is C14H20ClFN4O3S. The highest BCUT2D eigenvalue weighted by atomic mass is 35.5. The van der Waals surface area contributed by atoms with E-state index >= 15 is 0 Å². The van der Waals surface area contributed by atoms with Crippen LogP contribution in [0.4, 0.5) is 4.39 Å². The second kappa shape index (κ2) is 8.11. The Balaban J connectivity index is 1.89. The second-order valence-electron chi connectivity index (χ2n) is 5.34. The van der Waals surface area contributed by atoms with E-state index in [0.29, 0.717) is 25.7 Å². The third-order valence-electron chi connectivity index (χ3n) is 3.43. The highest BCUT2D eigenvalue weighted by molar-refractivity contribution is 7.89. The molecule has 1 aromatic rings. The Morgan fingerprint density at radius 2 is 2.33 bits per heavy atom. The molecule has 0 aromatic heterocycles. The molecular weight excluding hydrogens is 359 g/mol. The minimum atomic E-state index is -3.83. The third kappa shape index (κ3) is 5.04. The molecule has 1 heterocycles. The van der Waals surface area contributed by atoms with Crippen LogP contribution in [-0.4, -0.2) is 58.2 Å². The zero-order chi connectivity index (χ0) is 17.7. The molecule has 7 nitrogen and oxygen atoms in total. The van der Waals surface area contributed by atoms with E-state index in [1.807, 2.05) is 11.8 Å². The number of nitrogens with two attached hydrogens (primary N) is 1. The van der Waals surface area contributed by atoms with Gasteiger partial charge in [0.1, 0.15) is 10.7 Å². The fourth-order valence-electron chi connectivity index (χ4n) is 2.25. The maximum Gasteiger partial charge on any atom is 0.242 e. The van der Waals surface area contributed by atoms with Gasteiger partial charge < -0.3 is 15.4 Å². The van der Waals surface area contributed by atoms with Crippen LogP contribution in [-0.2, 0) is 14.8 Å². The smallest absolute Gasteiger partial charge is 0.242 e. The molecule has 1 saturated heterocycles. The maximum atomic E-state index is 13.0. The van der Waals surface area contributed by atoms with Crippen molar-refractivity contribution >= 4 is 27.6 Å². The minimum Gasteiger partial charge on any atom is -0.375 e. The zero-order valence-corrected chi connectivity index (χ0v) is 14.8. The first-order valence-electron chi connectivity index (χ1n) is 7.41. The molecule has 2 rings (SSSR count). The first-order chi connectivity index (χ1) is 11.3. The number of rotatable bonds is 5. The van der Waals surface area contributed by atoms with E-state index in [1.54, 1.807) is 0 Å². The molecule has 0 amide bonds. The molecule has 1 aromatic carbocycles. The molecule has 0 bridgehead atoms. The Labute approximate surface area is 145 Å². The van der Waals surface area contributed by atoms with Gasteiger partial charge in [0.2, 0.25) is 10.0 Å². The highest BCUT2D eigenvalue weighted by Gasteiger charge is 2.19. The van der Waals surface area contributed by atoms with Crippen molar-refractivity contribution in [3.63, 3.8) is 0 Å². The van der Waals surface area contributed by atoms with Crippen molar-refractivity contribution in [3.05, 3.63) is 29.0 Å². The number of benzene rings is 1. The fraction of sp³-hybridized carbons (Fsp3) is 0.500. The molecule has 134 valence electrons. The molecule has 1 aliphatic rings. The molecule has 1 fully saturated rings. The molecule has 10 heteroatoms. The Morgan fingerprint density at radius 1 is 1.58 bits per heavy atom. The number of hydrogen-bond acceptors (Lipinski definition) is 4. The molecule has 24 heavy (non-hydrogen) atoms. The maximum absolute atomic E-state index is 13.0. The number of nitrogens with one attached hydrogen (secondary N) is 1. The number of aliphatic imine (C=N–C) groups is 1. The van der Waals surface area contributed by atoms with E-state index in [4.69, 9.17) is 22.1 Å². The van der Waals surface area contributed by atoms with Crippen LogP contribution in [0.3, 0.4) is 0 Å². The SMILES string of the molecule is CC1CN(C(N)=NCCNS(=O)(=O)c2ccc(F)cc2Cl)CCO1. The fourth-order valence-corrected chi connectivity index (χ4v) is 3.80. The summed E-state index contributed by atoms with van der Waals surface area (Å²) in [6.07, 6.45) is 0.0756. The van der Waals surface area contributed by atoms with Crippen molar-refractivity contribution in [2.24, 2.45) is 10.7 Å². The minimum absolute atomic E-state index is 0.0522. The molecule has 0 radical (unpaired) electrons. The van der Waals surface area contributed by atoms with Crippen LogP contribution in [0.15, 0.2) is 28.1 Å². The Kier molecular flexibility index (Phi) is 6.39. The van der Waals surface area contributed by atoms with E-state index in [2.05, 4.69) is 9.71 Å². The standard InChI is InChI=1S/C14H20ClFN4O3S/c1-10-9-20(6-7-23-10)14(17)18-4-5-19-24(21,22)13-3-2-11(16)8-12(13)15/h2-3,8,10,19H,4-7,9H2,1H3,(H2,17,18).